The van der Waals surface area contributed by atoms with E-state index in [0.717, 1.165) is 25.7 Å². The maximum Gasteiger partial charge on any atom is 0.138 e. The molecule has 34 heavy (non-hydrogen) atoms. The van der Waals surface area contributed by atoms with E-state index in [1.807, 2.05) is 0 Å². The minimum absolute atomic E-state index is 0.179. The molecule has 192 valence electrons. The highest BCUT2D eigenvalue weighted by molar-refractivity contribution is 5.85. The first-order valence-corrected chi connectivity index (χ1v) is 13.9. The lowest BCUT2D eigenvalue weighted by atomic mass is 9.41. The molecule has 0 aromatic carbocycles. The molecule has 5 rings (SSSR count). The lowest BCUT2D eigenvalue weighted by Crippen LogP contribution is -2.58. The zero-order valence-electron chi connectivity index (χ0n) is 22.6. The van der Waals surface area contributed by atoms with Crippen molar-refractivity contribution in [1.29, 1.82) is 0 Å². The van der Waals surface area contributed by atoms with E-state index in [4.69, 9.17) is 4.74 Å². The van der Waals surface area contributed by atoms with Crippen LogP contribution in [0.3, 0.4) is 0 Å². The molecule has 4 fully saturated rings. The molecule has 5 aliphatic rings. The van der Waals surface area contributed by atoms with Crippen molar-refractivity contribution in [1.82, 2.24) is 0 Å². The normalized spacial score (nSPS) is 50.7. The first kappa shape index (κ1) is 25.0. The summed E-state index contributed by atoms with van der Waals surface area (Å²) in [6.07, 6.45) is 9.84. The molecule has 0 radical (unpaired) electrons. The SMILES string of the molecule is CC(C)(O)[C@@H]1OC[C@H]([C@@H]2CC[C@]3(C)C4=CC[C@@H]5C(C)(C)C(=O)CC[C@]5(C)[C@H]4CC[C@@]23C)C[C@H]1O. The Morgan fingerprint density at radius 2 is 1.76 bits per heavy atom. The number of carbonyl (C=O) groups excluding carboxylic acids is 1. The predicted octanol–water partition coefficient (Wildman–Crippen LogP) is 5.70. The first-order valence-electron chi connectivity index (χ1n) is 13.9. The van der Waals surface area contributed by atoms with Gasteiger partial charge < -0.3 is 14.9 Å². The molecule has 0 aromatic rings. The van der Waals surface area contributed by atoms with E-state index in [1.165, 1.54) is 25.7 Å². The van der Waals surface area contributed by atoms with Crippen molar-refractivity contribution in [2.75, 3.05) is 6.61 Å². The smallest absolute Gasteiger partial charge is 0.138 e. The van der Waals surface area contributed by atoms with Crippen LogP contribution in [-0.4, -0.2) is 40.4 Å². The molecule has 1 saturated heterocycles. The van der Waals surface area contributed by atoms with Crippen LogP contribution < -0.4 is 0 Å². The zero-order chi connectivity index (χ0) is 24.9. The Morgan fingerprint density at radius 1 is 1.06 bits per heavy atom. The molecule has 0 bridgehead atoms. The summed E-state index contributed by atoms with van der Waals surface area (Å²) in [4.78, 5) is 12.8. The third-order valence-electron chi connectivity index (χ3n) is 12.3. The molecule has 9 atom stereocenters. The average molecular weight is 473 g/mol. The molecule has 2 N–H and O–H groups in total. The van der Waals surface area contributed by atoms with Gasteiger partial charge in [-0.1, -0.05) is 46.3 Å². The van der Waals surface area contributed by atoms with Crippen LogP contribution in [0, 0.1) is 45.3 Å². The molecular weight excluding hydrogens is 424 g/mol. The fourth-order valence-electron chi connectivity index (χ4n) is 10.1. The Balaban J connectivity index is 1.43. The summed E-state index contributed by atoms with van der Waals surface area (Å²) in [5.74, 6) is 2.37. The molecule has 1 aliphatic heterocycles. The summed E-state index contributed by atoms with van der Waals surface area (Å²) in [7, 11) is 0. The number of allylic oxidation sites excluding steroid dienone is 2. The van der Waals surface area contributed by atoms with Gasteiger partial charge >= 0.3 is 0 Å². The van der Waals surface area contributed by atoms with Crippen molar-refractivity contribution in [3.8, 4) is 0 Å². The summed E-state index contributed by atoms with van der Waals surface area (Å²) in [6.45, 7) is 16.1. The number of ether oxygens (including phenoxy) is 1. The van der Waals surface area contributed by atoms with Crippen LogP contribution in [0.15, 0.2) is 11.6 Å². The van der Waals surface area contributed by atoms with Gasteiger partial charge in [0.05, 0.1) is 18.3 Å². The van der Waals surface area contributed by atoms with Crippen molar-refractivity contribution in [2.45, 2.75) is 118 Å². The van der Waals surface area contributed by atoms with E-state index in [1.54, 1.807) is 19.4 Å². The van der Waals surface area contributed by atoms with Crippen LogP contribution in [0.4, 0.5) is 0 Å². The van der Waals surface area contributed by atoms with Crippen molar-refractivity contribution >= 4 is 5.78 Å². The Morgan fingerprint density at radius 3 is 2.41 bits per heavy atom. The van der Waals surface area contributed by atoms with Crippen LogP contribution >= 0.6 is 0 Å². The first-order chi connectivity index (χ1) is 15.7. The van der Waals surface area contributed by atoms with Crippen LogP contribution in [-0.2, 0) is 9.53 Å². The van der Waals surface area contributed by atoms with E-state index in [0.29, 0.717) is 36.1 Å². The van der Waals surface area contributed by atoms with Crippen LogP contribution in [0.2, 0.25) is 0 Å². The number of Topliss-reactive ketones (excluding diaryl/α,β-unsaturated/α-hetero) is 1. The van der Waals surface area contributed by atoms with Crippen molar-refractivity contribution in [3.63, 3.8) is 0 Å². The topological polar surface area (TPSA) is 66.8 Å². The fraction of sp³-hybridized carbons (Fsp3) is 0.900. The summed E-state index contributed by atoms with van der Waals surface area (Å²) in [5, 5.41) is 21.3. The zero-order valence-corrected chi connectivity index (χ0v) is 22.6. The number of hydrogen-bond acceptors (Lipinski definition) is 4. The van der Waals surface area contributed by atoms with Crippen LogP contribution in [0.1, 0.15) is 99.8 Å². The number of aliphatic hydroxyl groups is 2. The third-order valence-corrected chi connectivity index (χ3v) is 12.3. The molecule has 1 heterocycles. The van der Waals surface area contributed by atoms with Gasteiger partial charge in [-0.05, 0) is 98.7 Å². The lowest BCUT2D eigenvalue weighted by Gasteiger charge is -2.63. The summed E-state index contributed by atoms with van der Waals surface area (Å²) in [6, 6.07) is 0. The molecule has 4 nitrogen and oxygen atoms in total. The molecule has 4 heteroatoms. The molecule has 0 spiro atoms. The van der Waals surface area contributed by atoms with Gasteiger partial charge in [0.2, 0.25) is 0 Å². The highest BCUT2D eigenvalue weighted by Gasteiger charge is 2.66. The van der Waals surface area contributed by atoms with Crippen molar-refractivity contribution in [2.24, 2.45) is 45.3 Å². The van der Waals surface area contributed by atoms with E-state index in [-0.39, 0.29) is 21.7 Å². The van der Waals surface area contributed by atoms with Gasteiger partial charge in [-0.2, -0.15) is 0 Å². The molecule has 0 aromatic heterocycles. The van der Waals surface area contributed by atoms with E-state index < -0.39 is 17.8 Å². The molecule has 0 amide bonds. The monoisotopic (exact) mass is 472 g/mol. The number of rotatable bonds is 2. The number of fused-ring (bicyclic) bond motifs is 5. The predicted molar refractivity (Wildman–Crippen MR) is 134 cm³/mol. The molecule has 4 aliphatic carbocycles. The van der Waals surface area contributed by atoms with Crippen LogP contribution in [0.5, 0.6) is 0 Å². The Kier molecular flexibility index (Phi) is 5.62. The van der Waals surface area contributed by atoms with E-state index in [9.17, 15) is 15.0 Å². The van der Waals surface area contributed by atoms with Gasteiger partial charge in [-0.25, -0.2) is 0 Å². The number of hydrogen-bond donors (Lipinski definition) is 2. The second kappa shape index (κ2) is 7.65. The Labute approximate surface area is 206 Å². The quantitative estimate of drug-likeness (QED) is 0.506. The minimum atomic E-state index is -1.02. The van der Waals surface area contributed by atoms with E-state index in [2.05, 4.69) is 40.7 Å². The van der Waals surface area contributed by atoms with Crippen molar-refractivity contribution in [3.05, 3.63) is 11.6 Å². The van der Waals surface area contributed by atoms with Gasteiger partial charge in [-0.15, -0.1) is 0 Å². The summed E-state index contributed by atoms with van der Waals surface area (Å²) >= 11 is 0. The highest BCUT2D eigenvalue weighted by Crippen LogP contribution is 2.73. The lowest BCUT2D eigenvalue weighted by molar-refractivity contribution is -0.187. The fourth-order valence-corrected chi connectivity index (χ4v) is 10.1. The summed E-state index contributed by atoms with van der Waals surface area (Å²) < 4.78 is 6.12. The number of carbonyl (C=O) groups is 1. The number of aliphatic hydroxyl groups excluding tert-OH is 1. The largest absolute Gasteiger partial charge is 0.390 e. The van der Waals surface area contributed by atoms with Gasteiger partial charge in [-0.3, -0.25) is 4.79 Å². The third kappa shape index (κ3) is 3.23. The standard InChI is InChI=1S/C30H48O4/c1-26(2)23-9-8-21-20(28(23,5)13-12-24(26)32)11-15-29(6)19(10-14-30(21,29)7)18-16-22(31)25(34-17-18)27(3,4)33/h8,18-20,22-23,25,31,33H,9-17H2,1-7H3/t18-,19+,20+,22-,23-,25-,28-,29+,30-/m1/s1. The highest BCUT2D eigenvalue weighted by atomic mass is 16.5. The van der Waals surface area contributed by atoms with Gasteiger partial charge in [0.15, 0.2) is 0 Å². The van der Waals surface area contributed by atoms with Gasteiger partial charge in [0.1, 0.15) is 11.9 Å². The van der Waals surface area contributed by atoms with E-state index >= 15 is 0 Å². The maximum atomic E-state index is 12.8. The Bertz CT molecular complexity index is 883. The Hall–Kier alpha value is -0.710. The molecule has 0 unspecified atom stereocenters. The van der Waals surface area contributed by atoms with Gasteiger partial charge in [0.25, 0.3) is 0 Å². The minimum Gasteiger partial charge on any atom is -0.390 e. The van der Waals surface area contributed by atoms with Crippen LogP contribution in [0.25, 0.3) is 0 Å². The molecular formula is C30H48O4. The van der Waals surface area contributed by atoms with Gasteiger partial charge in [0, 0.05) is 11.8 Å². The van der Waals surface area contributed by atoms with Crippen molar-refractivity contribution < 1.29 is 19.7 Å². The maximum absolute atomic E-state index is 12.8. The number of ketones is 1. The second-order valence-electron chi connectivity index (χ2n) is 14.6. The average Bonchev–Trinajstić information content (AvgIpc) is 3.02. The summed E-state index contributed by atoms with van der Waals surface area (Å²) in [5.41, 5.74) is 1.05. The second-order valence-corrected chi connectivity index (χ2v) is 14.6. The molecule has 3 saturated carbocycles.